The van der Waals surface area contributed by atoms with E-state index >= 15 is 0 Å². The van der Waals surface area contributed by atoms with Gasteiger partial charge in [-0.05, 0) is 119 Å². The molecule has 0 amide bonds. The Balaban J connectivity index is 1.15. The Morgan fingerprint density at radius 1 is 0.354 bits per heavy atom. The third kappa shape index (κ3) is 5.06. The lowest BCUT2D eigenvalue weighted by Gasteiger charge is -2.41. The second-order valence-corrected chi connectivity index (χ2v) is 20.4. The van der Waals surface area contributed by atoms with Gasteiger partial charge >= 0.3 is 0 Å². The minimum atomic E-state index is -0.163. The standard InChI is InChI=1S/C63H54N2/c1-61(2)51-30-9-11-34-55(51)64(5)59-45(26-18-32-53(59)61)39-21-15-23-42-48(39)38-49-40(46-27-19-33-54-60(46)65(6)56-35-12-10-31-52(56)62(54,3)4)22-16-24-43(49)57(42)47-28-17-25-44-41-20-7-8-29-50(41)63(58(44)47)36-13-14-37-63/h7-12,15-35,38H,13-14,36-37H2,1-6H3. The highest BCUT2D eigenvalue weighted by atomic mass is 15.1. The number of hydrogen-bond acceptors (Lipinski definition) is 2. The molecule has 2 heteroatoms. The van der Waals surface area contributed by atoms with Crippen LogP contribution in [0.2, 0.25) is 0 Å². The highest BCUT2D eigenvalue weighted by Gasteiger charge is 2.47. The summed E-state index contributed by atoms with van der Waals surface area (Å²) < 4.78 is 0. The van der Waals surface area contributed by atoms with Crippen molar-refractivity contribution in [3.8, 4) is 44.5 Å². The van der Waals surface area contributed by atoms with Crippen LogP contribution in [0.5, 0.6) is 0 Å². The first-order chi connectivity index (χ1) is 31.6. The molecule has 1 fully saturated rings. The third-order valence-corrected chi connectivity index (χ3v) is 16.6. The molecule has 2 aliphatic carbocycles. The van der Waals surface area contributed by atoms with E-state index in [0.29, 0.717) is 0 Å². The molecule has 1 spiro atoms. The van der Waals surface area contributed by atoms with Crippen LogP contribution in [0.1, 0.15) is 86.8 Å². The summed E-state index contributed by atoms with van der Waals surface area (Å²) in [5.74, 6) is 0. The van der Waals surface area contributed by atoms with Crippen molar-refractivity contribution in [2.45, 2.75) is 69.6 Å². The smallest absolute Gasteiger partial charge is 0.0529 e. The summed E-state index contributed by atoms with van der Waals surface area (Å²) in [6.45, 7) is 9.58. The Bertz CT molecular complexity index is 3320. The molecule has 316 valence electrons. The molecule has 65 heavy (non-hydrogen) atoms. The summed E-state index contributed by atoms with van der Waals surface area (Å²) in [5, 5.41) is 5.20. The van der Waals surface area contributed by atoms with Crippen LogP contribution in [-0.2, 0) is 16.2 Å². The summed E-state index contributed by atoms with van der Waals surface area (Å²) in [5.41, 5.74) is 24.0. The fourth-order valence-corrected chi connectivity index (χ4v) is 13.6. The summed E-state index contributed by atoms with van der Waals surface area (Å²) in [6.07, 6.45) is 4.88. The van der Waals surface area contributed by atoms with Crippen LogP contribution in [0.25, 0.3) is 66.1 Å². The molecule has 0 saturated heterocycles. The van der Waals surface area contributed by atoms with Crippen LogP contribution in [-0.4, -0.2) is 14.1 Å². The number of hydrogen-bond donors (Lipinski definition) is 0. The first-order valence-electron chi connectivity index (χ1n) is 23.8. The van der Waals surface area contributed by atoms with Crippen molar-refractivity contribution >= 4 is 44.3 Å². The molecule has 0 aromatic heterocycles. The molecule has 0 N–H and O–H groups in total. The van der Waals surface area contributed by atoms with Crippen LogP contribution in [0.3, 0.4) is 0 Å². The van der Waals surface area contributed by atoms with Gasteiger partial charge in [0.15, 0.2) is 0 Å². The molecule has 1 saturated carbocycles. The molecule has 9 aromatic carbocycles. The maximum Gasteiger partial charge on any atom is 0.0529 e. The average molecular weight is 839 g/mol. The van der Waals surface area contributed by atoms with Gasteiger partial charge in [-0.25, -0.2) is 0 Å². The fraction of sp³-hybridized carbons (Fsp3) is 0.206. The summed E-state index contributed by atoms with van der Waals surface area (Å²) in [7, 11) is 4.53. The van der Waals surface area contributed by atoms with E-state index in [2.05, 4.69) is 221 Å². The summed E-state index contributed by atoms with van der Waals surface area (Å²) >= 11 is 0. The van der Waals surface area contributed by atoms with E-state index in [0.717, 1.165) is 0 Å². The van der Waals surface area contributed by atoms with Crippen LogP contribution in [0.15, 0.2) is 170 Å². The Kier molecular flexibility index (Phi) is 8.04. The molecule has 9 aromatic rings. The highest BCUT2D eigenvalue weighted by molar-refractivity contribution is 6.21. The van der Waals surface area contributed by atoms with E-state index in [4.69, 9.17) is 0 Å². The second-order valence-electron chi connectivity index (χ2n) is 20.4. The Labute approximate surface area is 383 Å². The molecule has 4 aliphatic rings. The van der Waals surface area contributed by atoms with Gasteiger partial charge in [0.05, 0.1) is 11.4 Å². The van der Waals surface area contributed by atoms with Crippen molar-refractivity contribution in [3.05, 3.63) is 203 Å². The number of para-hydroxylation sites is 4. The molecular weight excluding hydrogens is 785 g/mol. The van der Waals surface area contributed by atoms with Crippen molar-refractivity contribution in [3.63, 3.8) is 0 Å². The fourth-order valence-electron chi connectivity index (χ4n) is 13.6. The Morgan fingerprint density at radius 2 is 0.754 bits per heavy atom. The van der Waals surface area contributed by atoms with Gasteiger partial charge in [0.1, 0.15) is 0 Å². The van der Waals surface area contributed by atoms with Crippen molar-refractivity contribution in [2.75, 3.05) is 23.9 Å². The SMILES string of the molecule is CN1c2ccccc2C(C)(C)c2cccc(-c3cccc4c(-c5cccc6c5C5(CCCC5)c5ccccc5-6)c5cccc(-c6cccc7c6N(C)c6ccccc6C7(C)C)c5cc34)c21. The molecule has 0 unspecified atom stereocenters. The predicted octanol–water partition coefficient (Wildman–Crippen LogP) is 16.6. The zero-order valence-electron chi connectivity index (χ0n) is 38.4. The van der Waals surface area contributed by atoms with Crippen molar-refractivity contribution in [1.29, 1.82) is 0 Å². The lowest BCUT2D eigenvalue weighted by molar-refractivity contribution is 0.551. The first-order valence-corrected chi connectivity index (χ1v) is 23.8. The largest absolute Gasteiger partial charge is 0.344 e. The molecule has 2 heterocycles. The van der Waals surface area contributed by atoms with E-state index in [1.165, 1.54) is 148 Å². The topological polar surface area (TPSA) is 6.48 Å². The van der Waals surface area contributed by atoms with Crippen LogP contribution in [0, 0.1) is 0 Å². The zero-order valence-corrected chi connectivity index (χ0v) is 38.4. The number of benzene rings is 9. The van der Waals surface area contributed by atoms with Gasteiger partial charge in [0, 0.05) is 52.8 Å². The maximum absolute atomic E-state index is 2.56. The quantitative estimate of drug-likeness (QED) is 0.164. The van der Waals surface area contributed by atoms with Crippen molar-refractivity contribution in [2.24, 2.45) is 0 Å². The van der Waals surface area contributed by atoms with Gasteiger partial charge in [-0.3, -0.25) is 0 Å². The molecule has 2 nitrogen and oxygen atoms in total. The van der Waals surface area contributed by atoms with Gasteiger partial charge in [-0.1, -0.05) is 192 Å². The van der Waals surface area contributed by atoms with E-state index in [9.17, 15) is 0 Å². The lowest BCUT2D eigenvalue weighted by atomic mass is 9.72. The normalized spacial score (nSPS) is 16.8. The number of rotatable bonds is 3. The van der Waals surface area contributed by atoms with E-state index < -0.39 is 0 Å². The van der Waals surface area contributed by atoms with E-state index in [-0.39, 0.29) is 16.2 Å². The number of fused-ring (bicyclic) bond motifs is 11. The molecular formula is C63H54N2. The van der Waals surface area contributed by atoms with Gasteiger partial charge < -0.3 is 9.80 Å². The van der Waals surface area contributed by atoms with Crippen molar-refractivity contribution < 1.29 is 0 Å². The maximum atomic E-state index is 2.56. The molecule has 13 rings (SSSR count). The minimum absolute atomic E-state index is 0.00655. The summed E-state index contributed by atoms with van der Waals surface area (Å²) in [4.78, 5) is 4.91. The monoisotopic (exact) mass is 838 g/mol. The molecule has 0 radical (unpaired) electrons. The molecule has 0 atom stereocenters. The Hall–Kier alpha value is -6.90. The first kappa shape index (κ1) is 38.5. The molecule has 0 bridgehead atoms. The minimum Gasteiger partial charge on any atom is -0.344 e. The van der Waals surface area contributed by atoms with E-state index in [1.54, 1.807) is 0 Å². The van der Waals surface area contributed by atoms with Gasteiger partial charge in [-0.2, -0.15) is 0 Å². The second kappa shape index (κ2) is 13.6. The zero-order chi connectivity index (χ0) is 44.0. The van der Waals surface area contributed by atoms with Crippen LogP contribution >= 0.6 is 0 Å². The van der Waals surface area contributed by atoms with Gasteiger partial charge in [-0.15, -0.1) is 0 Å². The van der Waals surface area contributed by atoms with Crippen LogP contribution < -0.4 is 9.80 Å². The van der Waals surface area contributed by atoms with E-state index in [1.807, 2.05) is 0 Å². The van der Waals surface area contributed by atoms with Crippen molar-refractivity contribution in [1.82, 2.24) is 0 Å². The number of anilines is 4. The average Bonchev–Trinajstić information content (AvgIpc) is 3.94. The van der Waals surface area contributed by atoms with Crippen LogP contribution in [0.4, 0.5) is 22.7 Å². The highest BCUT2D eigenvalue weighted by Crippen LogP contribution is 2.61. The third-order valence-electron chi connectivity index (χ3n) is 16.6. The lowest BCUT2D eigenvalue weighted by Crippen LogP contribution is -2.31. The number of nitrogens with zero attached hydrogens (tertiary/aromatic N) is 2. The van der Waals surface area contributed by atoms with Gasteiger partial charge in [0.25, 0.3) is 0 Å². The Morgan fingerprint density at radius 3 is 1.31 bits per heavy atom. The van der Waals surface area contributed by atoms with Gasteiger partial charge in [0.2, 0.25) is 0 Å². The molecule has 2 aliphatic heterocycles. The summed E-state index contributed by atoms with van der Waals surface area (Å²) in [6, 6.07) is 65.3. The predicted molar refractivity (Wildman–Crippen MR) is 276 cm³/mol.